The van der Waals surface area contributed by atoms with Gasteiger partial charge >= 0.3 is 0 Å². The molecule has 1 unspecified atom stereocenters. The van der Waals surface area contributed by atoms with E-state index in [4.69, 9.17) is 9.47 Å². The second-order valence-electron chi connectivity index (χ2n) is 4.86. The van der Waals surface area contributed by atoms with Crippen LogP contribution in [-0.4, -0.2) is 44.9 Å². The Balaban J connectivity index is 1.97. The van der Waals surface area contributed by atoms with Crippen LogP contribution in [0.4, 0.5) is 5.69 Å². The number of carbonyl (C=O) groups excluding carboxylic acids is 1. The largest absolute Gasteiger partial charge is 0.385 e. The summed E-state index contributed by atoms with van der Waals surface area (Å²) < 4.78 is 10.8. The van der Waals surface area contributed by atoms with Crippen LogP contribution in [0.15, 0.2) is 18.2 Å². The van der Waals surface area contributed by atoms with Gasteiger partial charge in [0.1, 0.15) is 0 Å². The van der Waals surface area contributed by atoms with Crippen molar-refractivity contribution < 1.29 is 14.3 Å². The molecule has 1 aromatic carbocycles. The number of benzene rings is 1. The molecule has 0 spiro atoms. The van der Waals surface area contributed by atoms with Crippen molar-refractivity contribution in [3.05, 3.63) is 29.3 Å². The lowest BCUT2D eigenvalue weighted by Gasteiger charge is -2.23. The molecular formula is C15H22N2O3. The van der Waals surface area contributed by atoms with Gasteiger partial charge in [-0.1, -0.05) is 6.07 Å². The lowest BCUT2D eigenvalue weighted by atomic mass is 10.1. The smallest absolute Gasteiger partial charge is 0.253 e. The summed E-state index contributed by atoms with van der Waals surface area (Å²) in [6.45, 7) is 7.03. The van der Waals surface area contributed by atoms with Crippen molar-refractivity contribution in [1.29, 1.82) is 0 Å². The van der Waals surface area contributed by atoms with Crippen molar-refractivity contribution in [1.82, 2.24) is 5.32 Å². The van der Waals surface area contributed by atoms with E-state index in [1.165, 1.54) is 0 Å². The van der Waals surface area contributed by atoms with Crippen LogP contribution in [-0.2, 0) is 9.47 Å². The molecule has 1 fully saturated rings. The van der Waals surface area contributed by atoms with E-state index < -0.39 is 0 Å². The molecule has 2 rings (SSSR count). The van der Waals surface area contributed by atoms with E-state index >= 15 is 0 Å². The minimum absolute atomic E-state index is 0.0549. The Hall–Kier alpha value is -1.59. The summed E-state index contributed by atoms with van der Waals surface area (Å²) in [7, 11) is 0. The fourth-order valence-corrected chi connectivity index (χ4v) is 2.15. The highest BCUT2D eigenvalue weighted by atomic mass is 16.6. The van der Waals surface area contributed by atoms with Crippen molar-refractivity contribution in [3.8, 4) is 0 Å². The van der Waals surface area contributed by atoms with Gasteiger partial charge in [0.25, 0.3) is 5.91 Å². The van der Waals surface area contributed by atoms with Crippen molar-refractivity contribution in [2.75, 3.05) is 38.2 Å². The fourth-order valence-electron chi connectivity index (χ4n) is 2.15. The number of carbonyl (C=O) groups is 1. The van der Waals surface area contributed by atoms with E-state index in [9.17, 15) is 4.79 Å². The molecule has 110 valence electrons. The van der Waals surface area contributed by atoms with Crippen LogP contribution in [0.3, 0.4) is 0 Å². The molecule has 5 heteroatoms. The molecule has 20 heavy (non-hydrogen) atoms. The zero-order chi connectivity index (χ0) is 14.4. The molecule has 2 N–H and O–H groups in total. The van der Waals surface area contributed by atoms with Crippen LogP contribution in [0.1, 0.15) is 22.8 Å². The Bertz CT molecular complexity index is 456. The number of aryl methyl sites for hydroxylation is 1. The van der Waals surface area contributed by atoms with Crippen LogP contribution in [0.2, 0.25) is 0 Å². The van der Waals surface area contributed by atoms with Gasteiger partial charge in [0, 0.05) is 18.8 Å². The number of nitrogens with one attached hydrogen (secondary N) is 2. The van der Waals surface area contributed by atoms with E-state index in [2.05, 4.69) is 10.6 Å². The van der Waals surface area contributed by atoms with E-state index in [1.54, 1.807) is 0 Å². The Morgan fingerprint density at radius 1 is 1.40 bits per heavy atom. The highest BCUT2D eigenvalue weighted by molar-refractivity contribution is 5.99. The zero-order valence-corrected chi connectivity index (χ0v) is 12.1. The highest BCUT2D eigenvalue weighted by Crippen LogP contribution is 2.17. The van der Waals surface area contributed by atoms with Gasteiger partial charge in [-0.25, -0.2) is 0 Å². The van der Waals surface area contributed by atoms with Crippen LogP contribution >= 0.6 is 0 Å². The van der Waals surface area contributed by atoms with Crippen LogP contribution in [0.5, 0.6) is 0 Å². The van der Waals surface area contributed by atoms with Crippen molar-refractivity contribution >= 4 is 11.6 Å². The van der Waals surface area contributed by atoms with E-state index in [1.807, 2.05) is 32.0 Å². The van der Waals surface area contributed by atoms with Gasteiger partial charge in [0.2, 0.25) is 0 Å². The summed E-state index contributed by atoms with van der Waals surface area (Å²) in [6.07, 6.45) is -0.0549. The Kier molecular flexibility index (Phi) is 5.38. The molecule has 0 bridgehead atoms. The first kappa shape index (κ1) is 14.8. The summed E-state index contributed by atoms with van der Waals surface area (Å²) in [5, 5.41) is 6.12. The second kappa shape index (κ2) is 7.26. The quantitative estimate of drug-likeness (QED) is 0.858. The third kappa shape index (κ3) is 3.95. The van der Waals surface area contributed by atoms with Crippen LogP contribution in [0.25, 0.3) is 0 Å². The molecule has 0 aliphatic carbocycles. The Labute approximate surface area is 119 Å². The summed E-state index contributed by atoms with van der Waals surface area (Å²) in [5.41, 5.74) is 2.65. The van der Waals surface area contributed by atoms with Gasteiger partial charge in [-0.3, -0.25) is 4.79 Å². The average Bonchev–Trinajstić information content (AvgIpc) is 2.46. The highest BCUT2D eigenvalue weighted by Gasteiger charge is 2.17. The summed E-state index contributed by atoms with van der Waals surface area (Å²) in [4.78, 5) is 12.2. The molecule has 1 atom stereocenters. The molecule has 1 saturated heterocycles. The standard InChI is InChI=1S/C15H22N2O3/c1-3-16-14-8-11(2)4-5-13(14)15(18)17-9-12-10-19-6-7-20-12/h4-5,8,12,16H,3,6-7,9-10H2,1-2H3,(H,17,18). The van der Waals surface area contributed by atoms with Gasteiger partial charge in [-0.15, -0.1) is 0 Å². The van der Waals surface area contributed by atoms with E-state index in [0.29, 0.717) is 31.9 Å². The predicted molar refractivity (Wildman–Crippen MR) is 78.2 cm³/mol. The third-order valence-corrected chi connectivity index (χ3v) is 3.16. The average molecular weight is 278 g/mol. The Morgan fingerprint density at radius 2 is 2.25 bits per heavy atom. The van der Waals surface area contributed by atoms with Crippen LogP contribution in [0, 0.1) is 6.92 Å². The first-order chi connectivity index (χ1) is 9.70. The van der Waals surface area contributed by atoms with Crippen LogP contribution < -0.4 is 10.6 Å². The molecule has 1 heterocycles. The molecule has 1 aliphatic heterocycles. The fraction of sp³-hybridized carbons (Fsp3) is 0.533. The van der Waals surface area contributed by atoms with Crippen molar-refractivity contribution in [2.24, 2.45) is 0 Å². The number of rotatable bonds is 5. The minimum Gasteiger partial charge on any atom is -0.385 e. The van der Waals surface area contributed by atoms with Crippen molar-refractivity contribution in [3.63, 3.8) is 0 Å². The Morgan fingerprint density at radius 3 is 2.95 bits per heavy atom. The van der Waals surface area contributed by atoms with Crippen molar-refractivity contribution in [2.45, 2.75) is 20.0 Å². The molecule has 0 radical (unpaired) electrons. The molecule has 1 aromatic rings. The zero-order valence-electron chi connectivity index (χ0n) is 12.1. The van der Waals surface area contributed by atoms with E-state index in [-0.39, 0.29) is 12.0 Å². The molecule has 0 saturated carbocycles. The number of amides is 1. The third-order valence-electron chi connectivity index (χ3n) is 3.16. The normalized spacial score (nSPS) is 18.6. The maximum absolute atomic E-state index is 12.2. The van der Waals surface area contributed by atoms with Gasteiger partial charge in [-0.05, 0) is 31.5 Å². The number of hydrogen-bond acceptors (Lipinski definition) is 4. The predicted octanol–water partition coefficient (Wildman–Crippen LogP) is 1.57. The summed E-state index contributed by atoms with van der Waals surface area (Å²) >= 11 is 0. The SMILES string of the molecule is CCNc1cc(C)ccc1C(=O)NCC1COCCO1. The van der Waals surface area contributed by atoms with Gasteiger partial charge in [-0.2, -0.15) is 0 Å². The van der Waals surface area contributed by atoms with Gasteiger partial charge in [0.05, 0.1) is 31.5 Å². The summed E-state index contributed by atoms with van der Waals surface area (Å²) in [5.74, 6) is -0.0878. The summed E-state index contributed by atoms with van der Waals surface area (Å²) in [6, 6.07) is 5.77. The molecular weight excluding hydrogens is 256 g/mol. The maximum Gasteiger partial charge on any atom is 0.253 e. The monoisotopic (exact) mass is 278 g/mol. The minimum atomic E-state index is -0.0878. The second-order valence-corrected chi connectivity index (χ2v) is 4.86. The maximum atomic E-state index is 12.2. The topological polar surface area (TPSA) is 59.6 Å². The number of ether oxygens (including phenoxy) is 2. The van der Waals surface area contributed by atoms with Gasteiger partial charge < -0.3 is 20.1 Å². The lowest BCUT2D eigenvalue weighted by molar-refractivity contribution is -0.0855. The molecule has 1 amide bonds. The first-order valence-electron chi connectivity index (χ1n) is 7.02. The molecule has 5 nitrogen and oxygen atoms in total. The van der Waals surface area contributed by atoms with E-state index in [0.717, 1.165) is 17.8 Å². The first-order valence-corrected chi connectivity index (χ1v) is 7.02. The molecule has 1 aliphatic rings. The number of hydrogen-bond donors (Lipinski definition) is 2. The van der Waals surface area contributed by atoms with Gasteiger partial charge in [0.15, 0.2) is 0 Å². The number of anilines is 1. The lowest BCUT2D eigenvalue weighted by Crippen LogP contribution is -2.39. The molecule has 0 aromatic heterocycles.